The first-order valence-corrected chi connectivity index (χ1v) is 5.80. The summed E-state index contributed by atoms with van der Waals surface area (Å²) in [6, 6.07) is 6.56. The SMILES string of the molecule is C.Cc1ccc(C(=O)Oc2cc(F)c(C#N)c(F)c2)c(F)c1. The van der Waals surface area contributed by atoms with Gasteiger partial charge in [-0.2, -0.15) is 5.26 Å². The standard InChI is InChI=1S/C15H8F3NO2.CH4/c1-8-2-3-10(12(16)4-8)15(20)21-9-5-13(17)11(7-19)14(18)6-9;/h2-6H,1H3;1H4. The Morgan fingerprint density at radius 2 is 1.68 bits per heavy atom. The number of aryl methyl sites for hydroxylation is 1. The van der Waals surface area contributed by atoms with Gasteiger partial charge in [-0.1, -0.05) is 13.5 Å². The van der Waals surface area contributed by atoms with Crippen molar-refractivity contribution >= 4 is 5.97 Å². The van der Waals surface area contributed by atoms with Gasteiger partial charge in [-0.3, -0.25) is 0 Å². The maximum atomic E-state index is 13.6. The summed E-state index contributed by atoms with van der Waals surface area (Å²) >= 11 is 0. The molecular formula is C16H12F3NO2. The number of carbonyl (C=O) groups excluding carboxylic acids is 1. The summed E-state index contributed by atoms with van der Waals surface area (Å²) in [7, 11) is 0. The third-order valence-corrected chi connectivity index (χ3v) is 2.68. The number of ether oxygens (including phenoxy) is 1. The van der Waals surface area contributed by atoms with Gasteiger partial charge in [-0.05, 0) is 24.6 Å². The van der Waals surface area contributed by atoms with Gasteiger partial charge in [0, 0.05) is 12.1 Å². The molecule has 3 nitrogen and oxygen atoms in total. The molecule has 0 atom stereocenters. The zero-order chi connectivity index (χ0) is 15.6. The number of carbonyl (C=O) groups is 1. The molecule has 6 heteroatoms. The Balaban J connectivity index is 0.00000242. The van der Waals surface area contributed by atoms with E-state index in [4.69, 9.17) is 10.00 Å². The third-order valence-electron chi connectivity index (χ3n) is 2.68. The van der Waals surface area contributed by atoms with Gasteiger partial charge in [0.05, 0.1) is 5.56 Å². The van der Waals surface area contributed by atoms with E-state index in [1.54, 1.807) is 6.92 Å². The Labute approximate surface area is 125 Å². The van der Waals surface area contributed by atoms with E-state index in [2.05, 4.69) is 0 Å². The van der Waals surface area contributed by atoms with Crippen molar-refractivity contribution in [1.82, 2.24) is 0 Å². The minimum atomic E-state index is -1.16. The average Bonchev–Trinajstić information content (AvgIpc) is 2.37. The van der Waals surface area contributed by atoms with Gasteiger partial charge in [-0.15, -0.1) is 0 Å². The minimum absolute atomic E-state index is 0. The molecule has 0 aliphatic heterocycles. The smallest absolute Gasteiger partial charge is 0.346 e. The first kappa shape index (κ1) is 17.2. The maximum absolute atomic E-state index is 13.6. The fourth-order valence-electron chi connectivity index (χ4n) is 1.66. The normalized spacial score (nSPS) is 9.59. The minimum Gasteiger partial charge on any atom is -0.423 e. The van der Waals surface area contributed by atoms with E-state index in [0.717, 1.165) is 6.07 Å². The number of nitrogens with zero attached hydrogens (tertiary/aromatic N) is 1. The molecule has 0 saturated heterocycles. The largest absolute Gasteiger partial charge is 0.423 e. The van der Waals surface area contributed by atoms with Crippen LogP contribution in [-0.4, -0.2) is 5.97 Å². The second kappa shape index (κ2) is 6.76. The number of halogens is 3. The zero-order valence-corrected chi connectivity index (χ0v) is 10.8. The highest BCUT2D eigenvalue weighted by Crippen LogP contribution is 2.21. The summed E-state index contributed by atoms with van der Waals surface area (Å²) in [5.74, 6) is -4.66. The third kappa shape index (κ3) is 3.44. The first-order valence-electron chi connectivity index (χ1n) is 5.80. The van der Waals surface area contributed by atoms with Gasteiger partial charge >= 0.3 is 5.97 Å². The highest BCUT2D eigenvalue weighted by Gasteiger charge is 2.17. The monoisotopic (exact) mass is 307 g/mol. The molecule has 0 spiro atoms. The number of hydrogen-bond acceptors (Lipinski definition) is 3. The van der Waals surface area contributed by atoms with Crippen LogP contribution in [0.3, 0.4) is 0 Å². The van der Waals surface area contributed by atoms with Crippen LogP contribution in [0.15, 0.2) is 30.3 Å². The van der Waals surface area contributed by atoms with Gasteiger partial charge in [0.25, 0.3) is 0 Å². The molecule has 0 saturated carbocycles. The van der Waals surface area contributed by atoms with Crippen LogP contribution in [0.25, 0.3) is 0 Å². The molecule has 0 heterocycles. The highest BCUT2D eigenvalue weighted by atomic mass is 19.1. The number of esters is 1. The molecule has 0 fully saturated rings. The molecule has 0 amide bonds. The lowest BCUT2D eigenvalue weighted by Crippen LogP contribution is -2.11. The highest BCUT2D eigenvalue weighted by molar-refractivity contribution is 5.91. The molecule has 2 aromatic rings. The van der Waals surface area contributed by atoms with Crippen LogP contribution in [0, 0.1) is 35.7 Å². The Kier molecular flexibility index (Phi) is 5.30. The van der Waals surface area contributed by atoms with E-state index in [-0.39, 0.29) is 13.0 Å². The van der Waals surface area contributed by atoms with E-state index >= 15 is 0 Å². The van der Waals surface area contributed by atoms with Crippen molar-refractivity contribution in [1.29, 1.82) is 5.26 Å². The van der Waals surface area contributed by atoms with E-state index in [0.29, 0.717) is 17.7 Å². The van der Waals surface area contributed by atoms with E-state index < -0.39 is 34.7 Å². The summed E-state index contributed by atoms with van der Waals surface area (Å²) in [5.41, 5.74) is -0.526. The van der Waals surface area contributed by atoms with E-state index in [9.17, 15) is 18.0 Å². The summed E-state index contributed by atoms with van der Waals surface area (Å²) < 4.78 is 45.0. The van der Waals surface area contributed by atoms with Crippen molar-refractivity contribution in [3.05, 3.63) is 64.5 Å². The number of hydrogen-bond donors (Lipinski definition) is 0. The maximum Gasteiger partial charge on any atom is 0.346 e. The van der Waals surface area contributed by atoms with Crippen LogP contribution in [-0.2, 0) is 0 Å². The Morgan fingerprint density at radius 3 is 2.18 bits per heavy atom. The molecule has 0 bridgehead atoms. The molecule has 0 N–H and O–H groups in total. The summed E-state index contributed by atoms with van der Waals surface area (Å²) in [5, 5.41) is 8.53. The van der Waals surface area contributed by atoms with Gasteiger partial charge in [0.15, 0.2) is 0 Å². The lowest BCUT2D eigenvalue weighted by atomic mass is 10.1. The zero-order valence-electron chi connectivity index (χ0n) is 10.8. The quantitative estimate of drug-likeness (QED) is 0.619. The lowest BCUT2D eigenvalue weighted by Gasteiger charge is -2.07. The molecule has 0 unspecified atom stereocenters. The predicted molar refractivity (Wildman–Crippen MR) is 73.9 cm³/mol. The first-order chi connectivity index (χ1) is 9.92. The predicted octanol–water partition coefficient (Wildman–Crippen LogP) is 4.14. The van der Waals surface area contributed by atoms with Crippen molar-refractivity contribution in [2.75, 3.05) is 0 Å². The van der Waals surface area contributed by atoms with E-state index in [1.165, 1.54) is 18.2 Å². The number of nitriles is 1. The molecule has 22 heavy (non-hydrogen) atoms. The van der Waals surface area contributed by atoms with Crippen molar-refractivity contribution in [3.8, 4) is 11.8 Å². The molecule has 0 radical (unpaired) electrons. The molecule has 114 valence electrons. The summed E-state index contributed by atoms with van der Waals surface area (Å²) in [6.45, 7) is 1.64. The number of benzene rings is 2. The van der Waals surface area contributed by atoms with Gasteiger partial charge in [-0.25, -0.2) is 18.0 Å². The summed E-state index contributed by atoms with van der Waals surface area (Å²) in [6.07, 6.45) is 0. The molecular weight excluding hydrogens is 295 g/mol. The fraction of sp³-hybridized carbons (Fsp3) is 0.125. The fourth-order valence-corrected chi connectivity index (χ4v) is 1.66. The van der Waals surface area contributed by atoms with Crippen LogP contribution >= 0.6 is 0 Å². The molecule has 0 aliphatic carbocycles. The number of rotatable bonds is 2. The Hall–Kier alpha value is -2.81. The van der Waals surface area contributed by atoms with Crippen molar-refractivity contribution in [2.24, 2.45) is 0 Å². The average molecular weight is 307 g/mol. The van der Waals surface area contributed by atoms with Crippen LogP contribution in [0.5, 0.6) is 5.75 Å². The van der Waals surface area contributed by atoms with Crippen molar-refractivity contribution in [2.45, 2.75) is 14.4 Å². The van der Waals surface area contributed by atoms with Crippen LogP contribution in [0.2, 0.25) is 0 Å². The van der Waals surface area contributed by atoms with Crippen molar-refractivity contribution in [3.63, 3.8) is 0 Å². The van der Waals surface area contributed by atoms with Gasteiger partial charge < -0.3 is 4.74 Å². The Morgan fingerprint density at radius 1 is 1.09 bits per heavy atom. The van der Waals surface area contributed by atoms with Crippen LogP contribution < -0.4 is 4.74 Å². The topological polar surface area (TPSA) is 50.1 Å². The molecule has 0 aliphatic rings. The molecule has 2 aromatic carbocycles. The van der Waals surface area contributed by atoms with Crippen molar-refractivity contribution < 1.29 is 22.7 Å². The summed E-state index contributed by atoms with van der Waals surface area (Å²) in [4.78, 5) is 11.8. The Bertz CT molecular complexity index is 743. The molecule has 0 aromatic heterocycles. The van der Waals surface area contributed by atoms with Crippen LogP contribution in [0.1, 0.15) is 28.9 Å². The van der Waals surface area contributed by atoms with Gasteiger partial charge in [0.1, 0.15) is 34.8 Å². The van der Waals surface area contributed by atoms with Crippen LogP contribution in [0.4, 0.5) is 13.2 Å². The van der Waals surface area contributed by atoms with E-state index in [1.807, 2.05) is 0 Å². The second-order valence-electron chi connectivity index (χ2n) is 4.25. The second-order valence-corrected chi connectivity index (χ2v) is 4.25. The van der Waals surface area contributed by atoms with Gasteiger partial charge in [0.2, 0.25) is 0 Å². The molecule has 2 rings (SSSR count). The lowest BCUT2D eigenvalue weighted by molar-refractivity contribution is 0.0729.